The lowest BCUT2D eigenvalue weighted by molar-refractivity contribution is 0.533. The van der Waals surface area contributed by atoms with E-state index in [9.17, 15) is 4.39 Å². The zero-order chi connectivity index (χ0) is 11.3. The van der Waals surface area contributed by atoms with Crippen LogP contribution in [0.3, 0.4) is 0 Å². The van der Waals surface area contributed by atoms with Gasteiger partial charge in [-0.1, -0.05) is 6.07 Å². The topological polar surface area (TPSA) is 38.0 Å². The van der Waals surface area contributed by atoms with Crippen LogP contribution in [0.5, 0.6) is 0 Å². The third-order valence-corrected chi connectivity index (χ3v) is 3.07. The van der Waals surface area contributed by atoms with Crippen molar-refractivity contribution in [3.63, 3.8) is 0 Å². The maximum atomic E-state index is 13.1. The lowest BCUT2D eigenvalue weighted by Gasteiger charge is -2.18. The molecule has 2 nitrogen and oxygen atoms in total. The fourth-order valence-electron chi connectivity index (χ4n) is 1.55. The lowest BCUT2D eigenvalue weighted by atomic mass is 10.00. The summed E-state index contributed by atoms with van der Waals surface area (Å²) < 4.78 is 13.1. The van der Waals surface area contributed by atoms with Crippen LogP contribution in [0.1, 0.15) is 23.6 Å². The summed E-state index contributed by atoms with van der Waals surface area (Å²) >= 11 is 1.76. The molecule has 0 bridgehead atoms. The Labute approximate surface area is 94.4 Å². The molecule has 1 unspecified atom stereocenters. The first-order chi connectivity index (χ1) is 7.19. The summed E-state index contributed by atoms with van der Waals surface area (Å²) in [7, 11) is 0. The van der Waals surface area contributed by atoms with Gasteiger partial charge >= 0.3 is 0 Å². The van der Waals surface area contributed by atoms with Gasteiger partial charge in [0.05, 0.1) is 0 Å². The summed E-state index contributed by atoms with van der Waals surface area (Å²) in [6.07, 6.45) is 2.95. The quantitative estimate of drug-likeness (QED) is 0.600. The molecule has 0 heterocycles. The van der Waals surface area contributed by atoms with E-state index in [0.717, 1.165) is 23.3 Å². The SMILES string of the molecule is CSCCC(NN)c1cc(F)ccc1C. The van der Waals surface area contributed by atoms with Crippen molar-refractivity contribution in [3.8, 4) is 0 Å². The predicted molar refractivity (Wildman–Crippen MR) is 64.2 cm³/mol. The van der Waals surface area contributed by atoms with Gasteiger partial charge in [0.25, 0.3) is 0 Å². The Bertz CT molecular complexity index is 317. The summed E-state index contributed by atoms with van der Waals surface area (Å²) in [5, 5.41) is 0. The summed E-state index contributed by atoms with van der Waals surface area (Å²) in [4.78, 5) is 0. The summed E-state index contributed by atoms with van der Waals surface area (Å²) in [6.45, 7) is 1.97. The number of nitrogens with one attached hydrogen (secondary N) is 1. The molecule has 84 valence electrons. The molecule has 0 saturated heterocycles. The molecule has 0 aliphatic heterocycles. The van der Waals surface area contributed by atoms with Crippen molar-refractivity contribution in [2.75, 3.05) is 12.0 Å². The highest BCUT2D eigenvalue weighted by molar-refractivity contribution is 7.98. The van der Waals surface area contributed by atoms with E-state index >= 15 is 0 Å². The number of halogens is 1. The minimum absolute atomic E-state index is 0.0353. The summed E-state index contributed by atoms with van der Waals surface area (Å²) in [5.74, 6) is 6.28. The van der Waals surface area contributed by atoms with Crippen LogP contribution < -0.4 is 11.3 Å². The average molecular weight is 228 g/mol. The van der Waals surface area contributed by atoms with E-state index < -0.39 is 0 Å². The Morgan fingerprint density at radius 1 is 1.53 bits per heavy atom. The predicted octanol–water partition coefficient (Wildman–Crippen LogP) is 2.39. The van der Waals surface area contributed by atoms with E-state index in [2.05, 4.69) is 5.43 Å². The van der Waals surface area contributed by atoms with E-state index in [-0.39, 0.29) is 11.9 Å². The van der Waals surface area contributed by atoms with Gasteiger partial charge in [0.15, 0.2) is 0 Å². The highest BCUT2D eigenvalue weighted by Gasteiger charge is 2.12. The third-order valence-electron chi connectivity index (χ3n) is 2.43. The molecule has 0 aliphatic rings. The van der Waals surface area contributed by atoms with Gasteiger partial charge in [0.1, 0.15) is 5.82 Å². The Morgan fingerprint density at radius 2 is 2.27 bits per heavy atom. The van der Waals surface area contributed by atoms with Gasteiger partial charge in [0, 0.05) is 6.04 Å². The largest absolute Gasteiger partial charge is 0.271 e. The molecule has 1 aromatic carbocycles. The maximum absolute atomic E-state index is 13.1. The molecule has 0 saturated carbocycles. The van der Waals surface area contributed by atoms with Gasteiger partial charge in [-0.15, -0.1) is 0 Å². The number of hydrazine groups is 1. The van der Waals surface area contributed by atoms with E-state index in [1.165, 1.54) is 6.07 Å². The molecule has 0 aromatic heterocycles. The van der Waals surface area contributed by atoms with Gasteiger partial charge in [-0.25, -0.2) is 4.39 Å². The Morgan fingerprint density at radius 3 is 2.87 bits per heavy atom. The number of nitrogens with two attached hydrogens (primary N) is 1. The van der Waals surface area contributed by atoms with Gasteiger partial charge in [0.2, 0.25) is 0 Å². The maximum Gasteiger partial charge on any atom is 0.123 e. The minimum atomic E-state index is -0.208. The van der Waals surface area contributed by atoms with Crippen molar-refractivity contribution in [2.24, 2.45) is 5.84 Å². The molecular formula is C11H17FN2S. The summed E-state index contributed by atoms with van der Waals surface area (Å²) in [5.41, 5.74) is 4.76. The smallest absolute Gasteiger partial charge is 0.123 e. The number of aryl methyl sites for hydroxylation is 1. The fourth-order valence-corrected chi connectivity index (χ4v) is 2.02. The van der Waals surface area contributed by atoms with Crippen molar-refractivity contribution in [2.45, 2.75) is 19.4 Å². The zero-order valence-electron chi connectivity index (χ0n) is 9.09. The van der Waals surface area contributed by atoms with Crippen molar-refractivity contribution >= 4 is 11.8 Å². The number of rotatable bonds is 5. The fraction of sp³-hybridized carbons (Fsp3) is 0.455. The Balaban J connectivity index is 2.85. The van der Waals surface area contributed by atoms with E-state index in [1.54, 1.807) is 23.9 Å². The lowest BCUT2D eigenvalue weighted by Crippen LogP contribution is -2.29. The molecule has 1 rings (SSSR count). The second kappa shape index (κ2) is 6.10. The van der Waals surface area contributed by atoms with Crippen LogP contribution in [0.25, 0.3) is 0 Å². The molecular weight excluding hydrogens is 211 g/mol. The standard InChI is InChI=1S/C11H17FN2S/c1-8-3-4-9(12)7-10(8)11(14-13)5-6-15-2/h3-4,7,11,14H,5-6,13H2,1-2H3. The van der Waals surface area contributed by atoms with Crippen LogP contribution in [0.4, 0.5) is 4.39 Å². The van der Waals surface area contributed by atoms with Crippen LogP contribution in [0.15, 0.2) is 18.2 Å². The van der Waals surface area contributed by atoms with Crippen LogP contribution in [-0.4, -0.2) is 12.0 Å². The molecule has 1 aromatic rings. The highest BCUT2D eigenvalue weighted by Crippen LogP contribution is 2.22. The third kappa shape index (κ3) is 3.48. The van der Waals surface area contributed by atoms with Gasteiger partial charge in [-0.05, 0) is 48.6 Å². The molecule has 0 radical (unpaired) electrons. The first kappa shape index (κ1) is 12.5. The van der Waals surface area contributed by atoms with Crippen molar-refractivity contribution < 1.29 is 4.39 Å². The van der Waals surface area contributed by atoms with E-state index in [1.807, 2.05) is 13.2 Å². The van der Waals surface area contributed by atoms with Crippen molar-refractivity contribution in [1.82, 2.24) is 5.43 Å². The molecule has 3 N–H and O–H groups in total. The first-order valence-corrected chi connectivity index (χ1v) is 6.29. The van der Waals surface area contributed by atoms with Gasteiger partial charge in [-0.2, -0.15) is 11.8 Å². The second-order valence-corrected chi connectivity index (χ2v) is 4.49. The number of hydrogen-bond acceptors (Lipinski definition) is 3. The monoisotopic (exact) mass is 228 g/mol. The van der Waals surface area contributed by atoms with Crippen molar-refractivity contribution in [1.29, 1.82) is 0 Å². The van der Waals surface area contributed by atoms with Crippen LogP contribution in [0, 0.1) is 12.7 Å². The zero-order valence-corrected chi connectivity index (χ0v) is 9.90. The van der Waals surface area contributed by atoms with E-state index in [0.29, 0.717) is 0 Å². The number of thioether (sulfide) groups is 1. The van der Waals surface area contributed by atoms with Gasteiger partial charge < -0.3 is 0 Å². The molecule has 4 heteroatoms. The summed E-state index contributed by atoms with van der Waals surface area (Å²) in [6, 6.07) is 4.85. The molecule has 0 fully saturated rings. The van der Waals surface area contributed by atoms with E-state index in [4.69, 9.17) is 5.84 Å². The Kier molecular flexibility index (Phi) is 5.08. The minimum Gasteiger partial charge on any atom is -0.271 e. The Hall–Kier alpha value is -0.580. The van der Waals surface area contributed by atoms with Crippen LogP contribution in [-0.2, 0) is 0 Å². The molecule has 1 atom stereocenters. The van der Waals surface area contributed by atoms with Gasteiger partial charge in [-0.3, -0.25) is 11.3 Å². The molecule has 0 aliphatic carbocycles. The first-order valence-electron chi connectivity index (χ1n) is 4.90. The van der Waals surface area contributed by atoms with Crippen LogP contribution in [0.2, 0.25) is 0 Å². The number of benzene rings is 1. The second-order valence-electron chi connectivity index (χ2n) is 3.50. The van der Waals surface area contributed by atoms with Crippen LogP contribution >= 0.6 is 11.8 Å². The molecule has 15 heavy (non-hydrogen) atoms. The molecule has 0 spiro atoms. The molecule has 0 amide bonds. The normalized spacial score (nSPS) is 12.8. The van der Waals surface area contributed by atoms with Crippen molar-refractivity contribution in [3.05, 3.63) is 35.1 Å². The highest BCUT2D eigenvalue weighted by atomic mass is 32.2. The number of hydrogen-bond donors (Lipinski definition) is 2. The average Bonchev–Trinajstić information content (AvgIpc) is 2.24.